The molecule has 1 fully saturated rings. The van der Waals surface area contributed by atoms with Crippen LogP contribution in [0.15, 0.2) is 36.5 Å². The molecule has 1 aliphatic rings. The third-order valence-electron chi connectivity index (χ3n) is 2.90. The van der Waals surface area contributed by atoms with Crippen molar-refractivity contribution in [2.75, 3.05) is 13.1 Å². The summed E-state index contributed by atoms with van der Waals surface area (Å²) >= 11 is 0. The molecular formula is C13H14N2O. The second-order valence-corrected chi connectivity index (χ2v) is 4.06. The first-order valence-corrected chi connectivity index (χ1v) is 5.64. The molecule has 0 spiro atoms. The zero-order valence-electron chi connectivity index (χ0n) is 9.02. The third kappa shape index (κ3) is 1.74. The first-order valence-electron chi connectivity index (χ1n) is 5.64. The third-order valence-corrected chi connectivity index (χ3v) is 2.90. The van der Waals surface area contributed by atoms with E-state index in [0.717, 1.165) is 36.2 Å². The van der Waals surface area contributed by atoms with E-state index in [1.807, 2.05) is 24.4 Å². The predicted molar refractivity (Wildman–Crippen MR) is 63.6 cm³/mol. The fraction of sp³-hybridized carbons (Fsp3) is 0.308. The van der Waals surface area contributed by atoms with E-state index in [0.29, 0.717) is 0 Å². The monoisotopic (exact) mass is 214 g/mol. The van der Waals surface area contributed by atoms with Crippen LogP contribution < -0.4 is 10.1 Å². The Bertz CT molecular complexity index is 487. The number of benzene rings is 1. The van der Waals surface area contributed by atoms with Gasteiger partial charge in [-0.25, -0.2) is 0 Å². The van der Waals surface area contributed by atoms with Gasteiger partial charge in [0.15, 0.2) is 0 Å². The van der Waals surface area contributed by atoms with Crippen molar-refractivity contribution in [2.45, 2.75) is 12.5 Å². The van der Waals surface area contributed by atoms with E-state index in [4.69, 9.17) is 4.74 Å². The fourth-order valence-corrected chi connectivity index (χ4v) is 2.08. The Balaban J connectivity index is 1.96. The van der Waals surface area contributed by atoms with Gasteiger partial charge in [0.1, 0.15) is 17.4 Å². The molecule has 2 heterocycles. The Labute approximate surface area is 94.5 Å². The number of hydrogen-bond donors (Lipinski definition) is 1. The molecule has 1 N–H and O–H groups in total. The first kappa shape index (κ1) is 9.60. The van der Waals surface area contributed by atoms with Crippen LogP contribution >= 0.6 is 0 Å². The molecule has 1 aromatic carbocycles. The van der Waals surface area contributed by atoms with Gasteiger partial charge in [0, 0.05) is 18.1 Å². The lowest BCUT2D eigenvalue weighted by Gasteiger charge is -2.13. The summed E-state index contributed by atoms with van der Waals surface area (Å²) in [6.45, 7) is 1.98. The number of pyridine rings is 1. The second kappa shape index (κ2) is 4.10. The lowest BCUT2D eigenvalue weighted by Crippen LogP contribution is -2.19. The van der Waals surface area contributed by atoms with Gasteiger partial charge in [-0.3, -0.25) is 4.98 Å². The van der Waals surface area contributed by atoms with Gasteiger partial charge in [-0.15, -0.1) is 0 Å². The molecule has 82 valence electrons. The number of nitrogens with zero attached hydrogens (tertiary/aromatic N) is 1. The van der Waals surface area contributed by atoms with Crippen molar-refractivity contribution in [3.05, 3.63) is 36.5 Å². The first-order chi connectivity index (χ1) is 7.93. The Hall–Kier alpha value is -1.61. The highest BCUT2D eigenvalue weighted by Gasteiger charge is 2.16. The second-order valence-electron chi connectivity index (χ2n) is 4.06. The standard InChI is InChI=1S/C13H14N2O/c1-3-10-4-2-7-15-13(10)12(5-1)16-11-6-8-14-9-11/h1-5,7,11,14H,6,8-9H2. The minimum Gasteiger partial charge on any atom is -0.487 e. The molecule has 0 radical (unpaired) electrons. The van der Waals surface area contributed by atoms with Crippen LogP contribution in [0.3, 0.4) is 0 Å². The van der Waals surface area contributed by atoms with E-state index in [2.05, 4.69) is 22.4 Å². The summed E-state index contributed by atoms with van der Waals surface area (Å²) in [4.78, 5) is 4.38. The molecule has 1 unspecified atom stereocenters. The molecule has 1 atom stereocenters. The maximum Gasteiger partial charge on any atom is 0.146 e. The molecular weight excluding hydrogens is 200 g/mol. The summed E-state index contributed by atoms with van der Waals surface area (Å²) in [7, 11) is 0. The molecule has 1 saturated heterocycles. The number of rotatable bonds is 2. The van der Waals surface area contributed by atoms with Crippen LogP contribution in [-0.4, -0.2) is 24.2 Å². The highest BCUT2D eigenvalue weighted by molar-refractivity contribution is 5.84. The summed E-state index contributed by atoms with van der Waals surface area (Å²) in [5, 5.41) is 4.43. The Morgan fingerprint density at radius 3 is 3.06 bits per heavy atom. The Morgan fingerprint density at radius 2 is 2.19 bits per heavy atom. The van der Waals surface area contributed by atoms with Gasteiger partial charge < -0.3 is 10.1 Å². The van der Waals surface area contributed by atoms with Gasteiger partial charge in [-0.2, -0.15) is 0 Å². The largest absolute Gasteiger partial charge is 0.487 e. The number of nitrogens with one attached hydrogen (secondary N) is 1. The number of aromatic nitrogens is 1. The zero-order chi connectivity index (χ0) is 10.8. The SMILES string of the molecule is c1cnc2c(OC3CCNC3)cccc2c1. The van der Waals surface area contributed by atoms with Crippen LogP contribution in [0.5, 0.6) is 5.75 Å². The van der Waals surface area contributed by atoms with Crippen molar-refractivity contribution in [3.8, 4) is 5.75 Å². The molecule has 3 rings (SSSR count). The van der Waals surface area contributed by atoms with Crippen LogP contribution in [0.4, 0.5) is 0 Å². The molecule has 3 nitrogen and oxygen atoms in total. The van der Waals surface area contributed by atoms with Gasteiger partial charge in [-0.1, -0.05) is 18.2 Å². The minimum atomic E-state index is 0.285. The van der Waals surface area contributed by atoms with Crippen LogP contribution in [0.2, 0.25) is 0 Å². The van der Waals surface area contributed by atoms with Crippen molar-refractivity contribution in [1.29, 1.82) is 0 Å². The number of para-hydroxylation sites is 1. The lowest BCUT2D eigenvalue weighted by molar-refractivity contribution is 0.225. The molecule has 2 aromatic rings. The van der Waals surface area contributed by atoms with Crippen LogP contribution in [0.25, 0.3) is 10.9 Å². The van der Waals surface area contributed by atoms with E-state index in [-0.39, 0.29) is 6.10 Å². The average molecular weight is 214 g/mol. The summed E-state index contributed by atoms with van der Waals surface area (Å²) in [5.41, 5.74) is 0.955. The average Bonchev–Trinajstić information content (AvgIpc) is 2.82. The highest BCUT2D eigenvalue weighted by Crippen LogP contribution is 2.24. The van der Waals surface area contributed by atoms with Crippen LogP contribution in [0, 0.1) is 0 Å². The summed E-state index contributed by atoms with van der Waals surface area (Å²) < 4.78 is 5.96. The zero-order valence-corrected chi connectivity index (χ0v) is 9.02. The molecule has 0 saturated carbocycles. The van der Waals surface area contributed by atoms with E-state index in [1.54, 1.807) is 0 Å². The van der Waals surface area contributed by atoms with Crippen molar-refractivity contribution in [2.24, 2.45) is 0 Å². The van der Waals surface area contributed by atoms with E-state index < -0.39 is 0 Å². The molecule has 16 heavy (non-hydrogen) atoms. The number of hydrogen-bond acceptors (Lipinski definition) is 3. The van der Waals surface area contributed by atoms with Crippen molar-refractivity contribution >= 4 is 10.9 Å². The molecule has 3 heteroatoms. The van der Waals surface area contributed by atoms with Gasteiger partial charge in [0.25, 0.3) is 0 Å². The molecule has 0 bridgehead atoms. The minimum absolute atomic E-state index is 0.285. The summed E-state index contributed by atoms with van der Waals surface area (Å²) in [5.74, 6) is 0.895. The lowest BCUT2D eigenvalue weighted by atomic mass is 10.2. The smallest absolute Gasteiger partial charge is 0.146 e. The van der Waals surface area contributed by atoms with Crippen molar-refractivity contribution in [1.82, 2.24) is 10.3 Å². The molecule has 1 aliphatic heterocycles. The van der Waals surface area contributed by atoms with E-state index in [1.165, 1.54) is 0 Å². The van der Waals surface area contributed by atoms with E-state index >= 15 is 0 Å². The van der Waals surface area contributed by atoms with E-state index in [9.17, 15) is 0 Å². The number of ether oxygens (including phenoxy) is 1. The van der Waals surface area contributed by atoms with Gasteiger partial charge in [0.05, 0.1) is 0 Å². The van der Waals surface area contributed by atoms with Crippen molar-refractivity contribution < 1.29 is 4.74 Å². The Kier molecular flexibility index (Phi) is 2.46. The molecule has 0 amide bonds. The van der Waals surface area contributed by atoms with Crippen LogP contribution in [-0.2, 0) is 0 Å². The molecule has 1 aromatic heterocycles. The molecule has 0 aliphatic carbocycles. The normalized spacial score (nSPS) is 20.1. The topological polar surface area (TPSA) is 34.1 Å². The summed E-state index contributed by atoms with van der Waals surface area (Å²) in [6.07, 6.45) is 3.17. The quantitative estimate of drug-likeness (QED) is 0.830. The fourth-order valence-electron chi connectivity index (χ4n) is 2.08. The van der Waals surface area contributed by atoms with Crippen molar-refractivity contribution in [3.63, 3.8) is 0 Å². The number of fused-ring (bicyclic) bond motifs is 1. The predicted octanol–water partition coefficient (Wildman–Crippen LogP) is 1.98. The van der Waals surface area contributed by atoms with Crippen LogP contribution in [0.1, 0.15) is 6.42 Å². The Morgan fingerprint density at radius 1 is 1.25 bits per heavy atom. The maximum atomic E-state index is 5.96. The van der Waals surface area contributed by atoms with Gasteiger partial charge >= 0.3 is 0 Å². The maximum absolute atomic E-state index is 5.96. The highest BCUT2D eigenvalue weighted by atomic mass is 16.5. The summed E-state index contributed by atoms with van der Waals surface area (Å²) in [6, 6.07) is 10.1. The van der Waals surface area contributed by atoms with Gasteiger partial charge in [-0.05, 0) is 25.1 Å². The van der Waals surface area contributed by atoms with Gasteiger partial charge in [0.2, 0.25) is 0 Å².